The highest BCUT2D eigenvalue weighted by molar-refractivity contribution is 14.0. The molecule has 1 fully saturated rings. The van der Waals surface area contributed by atoms with E-state index in [9.17, 15) is 13.9 Å². The van der Waals surface area contributed by atoms with Crippen molar-refractivity contribution in [3.8, 4) is 5.75 Å². The van der Waals surface area contributed by atoms with E-state index in [1.807, 2.05) is 6.07 Å². The van der Waals surface area contributed by atoms with Crippen LogP contribution < -0.4 is 15.5 Å². The van der Waals surface area contributed by atoms with E-state index < -0.39 is 5.82 Å². The molecule has 1 aliphatic rings. The summed E-state index contributed by atoms with van der Waals surface area (Å²) in [4.78, 5) is 6.38. The Labute approximate surface area is 180 Å². The lowest BCUT2D eigenvalue weighted by molar-refractivity contribution is 0.431. The second kappa shape index (κ2) is 10.4. The molecular weight excluding hydrogens is 477 g/mol. The van der Waals surface area contributed by atoms with Crippen LogP contribution in [0.3, 0.4) is 0 Å². The first-order chi connectivity index (χ1) is 13.0. The number of phenols is 1. The monoisotopic (exact) mass is 502 g/mol. The Balaban J connectivity index is 0.00000280. The first-order valence-electron chi connectivity index (χ1n) is 9.00. The van der Waals surface area contributed by atoms with Gasteiger partial charge in [0.05, 0.1) is 0 Å². The molecule has 0 bridgehead atoms. The number of anilines is 1. The topological polar surface area (TPSA) is 59.9 Å². The van der Waals surface area contributed by atoms with Crippen LogP contribution in [0.25, 0.3) is 0 Å². The zero-order valence-corrected chi connectivity index (χ0v) is 18.0. The van der Waals surface area contributed by atoms with Crippen molar-refractivity contribution >= 4 is 35.6 Å². The van der Waals surface area contributed by atoms with Gasteiger partial charge in [-0.1, -0.05) is 12.1 Å². The summed E-state index contributed by atoms with van der Waals surface area (Å²) in [6, 6.07) is 11.1. The van der Waals surface area contributed by atoms with Gasteiger partial charge in [-0.25, -0.2) is 8.78 Å². The van der Waals surface area contributed by atoms with Gasteiger partial charge in [-0.2, -0.15) is 0 Å². The molecule has 3 N–H and O–H groups in total. The van der Waals surface area contributed by atoms with Crippen molar-refractivity contribution in [2.75, 3.05) is 25.0 Å². The number of benzene rings is 2. The molecule has 152 valence electrons. The maximum Gasteiger partial charge on any atom is 0.191 e. The summed E-state index contributed by atoms with van der Waals surface area (Å²) in [5.74, 6) is -0.619. The van der Waals surface area contributed by atoms with E-state index in [0.29, 0.717) is 18.1 Å². The van der Waals surface area contributed by atoms with Crippen LogP contribution in [0, 0.1) is 11.6 Å². The summed E-state index contributed by atoms with van der Waals surface area (Å²) in [6.07, 6.45) is 1.98. The molecule has 1 saturated heterocycles. The molecule has 1 heterocycles. The molecule has 28 heavy (non-hydrogen) atoms. The van der Waals surface area contributed by atoms with Crippen LogP contribution in [0.2, 0.25) is 0 Å². The molecule has 0 amide bonds. The summed E-state index contributed by atoms with van der Waals surface area (Å²) < 4.78 is 26.9. The van der Waals surface area contributed by atoms with E-state index in [4.69, 9.17) is 0 Å². The number of hydrogen-bond donors (Lipinski definition) is 3. The Hall–Kier alpha value is -2.10. The average Bonchev–Trinajstić information content (AvgIpc) is 2.68. The standard InChI is InChI=1S/C20H24F2N4O.HI/c1-23-20(24-12-14-7-8-19(27)18(22)10-14)25-16-5-3-9-26(13-16)17-6-2-4-15(21)11-17;/h2,4,6-8,10-11,16,27H,3,5,9,12-13H2,1H3,(H2,23,24,25);1H. The van der Waals surface area contributed by atoms with Crippen molar-refractivity contribution in [1.29, 1.82) is 0 Å². The van der Waals surface area contributed by atoms with Gasteiger partial charge in [-0.15, -0.1) is 24.0 Å². The third-order valence-electron chi connectivity index (χ3n) is 4.63. The van der Waals surface area contributed by atoms with Crippen LogP contribution >= 0.6 is 24.0 Å². The zero-order valence-electron chi connectivity index (χ0n) is 15.7. The fourth-order valence-electron chi connectivity index (χ4n) is 3.24. The average molecular weight is 502 g/mol. The Morgan fingerprint density at radius 1 is 1.25 bits per heavy atom. The van der Waals surface area contributed by atoms with Gasteiger partial charge >= 0.3 is 0 Å². The molecule has 2 aromatic rings. The number of hydrogen-bond acceptors (Lipinski definition) is 3. The van der Waals surface area contributed by atoms with E-state index in [-0.39, 0.29) is 41.6 Å². The minimum absolute atomic E-state index is 0. The fraction of sp³-hybridized carbons (Fsp3) is 0.350. The van der Waals surface area contributed by atoms with Crippen molar-refractivity contribution in [1.82, 2.24) is 10.6 Å². The second-order valence-corrected chi connectivity index (χ2v) is 6.62. The van der Waals surface area contributed by atoms with Crippen LogP contribution in [0.1, 0.15) is 18.4 Å². The zero-order chi connectivity index (χ0) is 19.2. The number of halogens is 3. The lowest BCUT2D eigenvalue weighted by Crippen LogP contribution is -2.51. The van der Waals surface area contributed by atoms with Crippen LogP contribution in [0.5, 0.6) is 5.75 Å². The maximum absolute atomic E-state index is 13.5. The number of nitrogens with zero attached hydrogens (tertiary/aromatic N) is 2. The largest absolute Gasteiger partial charge is 0.505 e. The van der Waals surface area contributed by atoms with E-state index in [2.05, 4.69) is 20.5 Å². The minimum Gasteiger partial charge on any atom is -0.505 e. The second-order valence-electron chi connectivity index (χ2n) is 6.62. The number of aliphatic imine (C=N–C) groups is 1. The van der Waals surface area contributed by atoms with Crippen LogP contribution in [-0.2, 0) is 6.54 Å². The third-order valence-corrected chi connectivity index (χ3v) is 4.63. The Morgan fingerprint density at radius 3 is 2.79 bits per heavy atom. The molecule has 1 atom stereocenters. The van der Waals surface area contributed by atoms with Crippen LogP contribution in [0.15, 0.2) is 47.5 Å². The number of guanidine groups is 1. The maximum atomic E-state index is 13.5. The summed E-state index contributed by atoms with van der Waals surface area (Å²) in [5.41, 5.74) is 1.59. The van der Waals surface area contributed by atoms with Gasteiger partial charge in [0, 0.05) is 38.4 Å². The van der Waals surface area contributed by atoms with Crippen molar-refractivity contribution in [2.24, 2.45) is 4.99 Å². The first-order valence-corrected chi connectivity index (χ1v) is 9.00. The van der Waals surface area contributed by atoms with Crippen molar-refractivity contribution < 1.29 is 13.9 Å². The third kappa shape index (κ3) is 5.95. The van der Waals surface area contributed by atoms with Gasteiger partial charge in [0.1, 0.15) is 5.82 Å². The SMILES string of the molecule is CN=C(NCc1ccc(O)c(F)c1)NC1CCCN(c2cccc(F)c2)C1.I. The number of phenolic OH excluding ortho intramolecular Hbond substituents is 1. The normalized spacial score (nSPS) is 17.0. The Bertz CT molecular complexity index is 819. The Kier molecular flexibility index (Phi) is 8.28. The molecule has 2 aromatic carbocycles. The molecule has 0 radical (unpaired) electrons. The lowest BCUT2D eigenvalue weighted by Gasteiger charge is -2.35. The molecule has 3 rings (SSSR count). The van der Waals surface area contributed by atoms with Gasteiger partial charge in [-0.05, 0) is 48.7 Å². The van der Waals surface area contributed by atoms with Crippen molar-refractivity contribution in [3.63, 3.8) is 0 Å². The van der Waals surface area contributed by atoms with Gasteiger partial charge in [0.25, 0.3) is 0 Å². The molecule has 5 nitrogen and oxygen atoms in total. The predicted molar refractivity (Wildman–Crippen MR) is 118 cm³/mol. The summed E-state index contributed by atoms with van der Waals surface area (Å²) in [5, 5.41) is 15.8. The Morgan fingerprint density at radius 2 is 2.07 bits per heavy atom. The van der Waals surface area contributed by atoms with Crippen molar-refractivity contribution in [3.05, 3.63) is 59.7 Å². The smallest absolute Gasteiger partial charge is 0.191 e. The first kappa shape index (κ1) is 22.2. The summed E-state index contributed by atoms with van der Waals surface area (Å²) >= 11 is 0. The van der Waals surface area contributed by atoms with E-state index in [1.165, 1.54) is 18.2 Å². The quantitative estimate of drug-likeness (QED) is 0.340. The van der Waals surface area contributed by atoms with Crippen molar-refractivity contribution in [2.45, 2.75) is 25.4 Å². The molecule has 1 aliphatic heterocycles. The molecule has 8 heteroatoms. The van der Waals surface area contributed by atoms with Gasteiger partial charge in [0.15, 0.2) is 17.5 Å². The summed E-state index contributed by atoms with van der Waals surface area (Å²) in [6.45, 7) is 2.02. The van der Waals surface area contributed by atoms with E-state index in [1.54, 1.807) is 25.2 Å². The molecule has 0 saturated carbocycles. The fourth-order valence-corrected chi connectivity index (χ4v) is 3.24. The molecule has 0 aromatic heterocycles. The van der Waals surface area contributed by atoms with Gasteiger partial charge in [0.2, 0.25) is 0 Å². The highest BCUT2D eigenvalue weighted by Crippen LogP contribution is 2.21. The van der Waals surface area contributed by atoms with Gasteiger partial charge < -0.3 is 20.6 Å². The van der Waals surface area contributed by atoms with Gasteiger partial charge in [-0.3, -0.25) is 4.99 Å². The minimum atomic E-state index is -0.643. The van der Waals surface area contributed by atoms with Crippen LogP contribution in [0.4, 0.5) is 14.5 Å². The van der Waals surface area contributed by atoms with E-state index >= 15 is 0 Å². The molecule has 1 unspecified atom stereocenters. The number of piperidine rings is 1. The van der Waals surface area contributed by atoms with Crippen LogP contribution in [-0.4, -0.2) is 37.2 Å². The highest BCUT2D eigenvalue weighted by Gasteiger charge is 2.21. The molecular formula is C20H25F2IN4O. The predicted octanol–water partition coefficient (Wildman–Crippen LogP) is 3.62. The highest BCUT2D eigenvalue weighted by atomic mass is 127. The lowest BCUT2D eigenvalue weighted by atomic mass is 10.0. The number of rotatable bonds is 4. The summed E-state index contributed by atoms with van der Waals surface area (Å²) in [7, 11) is 1.68. The number of nitrogens with one attached hydrogen (secondary N) is 2. The molecule has 0 spiro atoms. The van der Waals surface area contributed by atoms with E-state index in [0.717, 1.165) is 31.6 Å². The molecule has 0 aliphatic carbocycles. The number of aromatic hydroxyl groups is 1.